The standard InChI is InChI=1S/C11H24O2/c1-5-6-10(4)7-13-8-11(12)9(2)3/h9-12H,5-8H2,1-4H3. The van der Waals surface area contributed by atoms with Crippen LogP contribution in [0.5, 0.6) is 0 Å². The summed E-state index contributed by atoms with van der Waals surface area (Å²) >= 11 is 0. The quantitative estimate of drug-likeness (QED) is 0.665. The van der Waals surface area contributed by atoms with Gasteiger partial charge in [-0.3, -0.25) is 0 Å². The Morgan fingerprint density at radius 2 is 1.77 bits per heavy atom. The number of ether oxygens (including phenoxy) is 1. The first-order chi connectivity index (χ1) is 6.07. The van der Waals surface area contributed by atoms with Gasteiger partial charge in [0.2, 0.25) is 0 Å². The van der Waals surface area contributed by atoms with E-state index < -0.39 is 0 Å². The van der Waals surface area contributed by atoms with Crippen molar-refractivity contribution in [3.05, 3.63) is 0 Å². The van der Waals surface area contributed by atoms with Crippen LogP contribution in [0, 0.1) is 11.8 Å². The Kier molecular flexibility index (Phi) is 7.29. The van der Waals surface area contributed by atoms with Gasteiger partial charge in [-0.2, -0.15) is 0 Å². The first-order valence-electron chi connectivity index (χ1n) is 5.33. The molecule has 2 heteroatoms. The Balaban J connectivity index is 3.33. The second kappa shape index (κ2) is 7.34. The second-order valence-corrected chi connectivity index (χ2v) is 4.24. The first-order valence-corrected chi connectivity index (χ1v) is 5.33. The molecular weight excluding hydrogens is 164 g/mol. The van der Waals surface area contributed by atoms with E-state index in [9.17, 15) is 5.11 Å². The average Bonchev–Trinajstić information content (AvgIpc) is 2.04. The lowest BCUT2D eigenvalue weighted by Crippen LogP contribution is -2.23. The zero-order chi connectivity index (χ0) is 10.3. The summed E-state index contributed by atoms with van der Waals surface area (Å²) in [5.74, 6) is 0.908. The summed E-state index contributed by atoms with van der Waals surface area (Å²) < 4.78 is 5.42. The van der Waals surface area contributed by atoms with Gasteiger partial charge in [0.1, 0.15) is 0 Å². The van der Waals surface area contributed by atoms with Gasteiger partial charge < -0.3 is 9.84 Å². The molecule has 0 aromatic heterocycles. The van der Waals surface area contributed by atoms with Crippen LogP contribution in [-0.4, -0.2) is 24.4 Å². The van der Waals surface area contributed by atoms with Gasteiger partial charge >= 0.3 is 0 Å². The van der Waals surface area contributed by atoms with Gasteiger partial charge in [0, 0.05) is 6.61 Å². The third-order valence-electron chi connectivity index (χ3n) is 2.24. The smallest absolute Gasteiger partial charge is 0.0796 e. The summed E-state index contributed by atoms with van der Waals surface area (Å²) in [6.07, 6.45) is 2.10. The molecule has 0 fully saturated rings. The SMILES string of the molecule is CCCC(C)COCC(O)C(C)C. The van der Waals surface area contributed by atoms with Crippen molar-refractivity contribution in [3.63, 3.8) is 0 Å². The Morgan fingerprint density at radius 3 is 2.23 bits per heavy atom. The summed E-state index contributed by atoms with van der Waals surface area (Å²) in [7, 11) is 0. The summed E-state index contributed by atoms with van der Waals surface area (Å²) in [5, 5.41) is 9.44. The van der Waals surface area contributed by atoms with E-state index in [1.807, 2.05) is 13.8 Å². The van der Waals surface area contributed by atoms with E-state index in [0.29, 0.717) is 18.4 Å². The summed E-state index contributed by atoms with van der Waals surface area (Å²) in [4.78, 5) is 0. The molecule has 0 amide bonds. The van der Waals surface area contributed by atoms with Crippen molar-refractivity contribution in [2.24, 2.45) is 11.8 Å². The predicted molar refractivity (Wildman–Crippen MR) is 55.7 cm³/mol. The van der Waals surface area contributed by atoms with E-state index in [4.69, 9.17) is 4.74 Å². The topological polar surface area (TPSA) is 29.5 Å². The third kappa shape index (κ3) is 7.03. The molecule has 0 rings (SSSR count). The van der Waals surface area contributed by atoms with Crippen LogP contribution in [0.4, 0.5) is 0 Å². The lowest BCUT2D eigenvalue weighted by Gasteiger charge is -2.16. The fourth-order valence-electron chi connectivity index (χ4n) is 1.16. The number of aliphatic hydroxyl groups excluding tert-OH is 1. The van der Waals surface area contributed by atoms with Crippen molar-refractivity contribution in [2.75, 3.05) is 13.2 Å². The van der Waals surface area contributed by atoms with Gasteiger partial charge in [-0.15, -0.1) is 0 Å². The highest BCUT2D eigenvalue weighted by atomic mass is 16.5. The lowest BCUT2D eigenvalue weighted by molar-refractivity contribution is 0.00172. The molecule has 0 saturated heterocycles. The predicted octanol–water partition coefficient (Wildman–Crippen LogP) is 2.46. The van der Waals surface area contributed by atoms with Gasteiger partial charge in [-0.05, 0) is 18.3 Å². The molecule has 0 aliphatic carbocycles. The van der Waals surface area contributed by atoms with Crippen molar-refractivity contribution in [1.82, 2.24) is 0 Å². The van der Waals surface area contributed by atoms with Crippen LogP contribution < -0.4 is 0 Å². The minimum absolute atomic E-state index is 0.293. The lowest BCUT2D eigenvalue weighted by atomic mass is 10.1. The van der Waals surface area contributed by atoms with E-state index >= 15 is 0 Å². The maximum atomic E-state index is 9.44. The molecule has 0 aromatic carbocycles. The highest BCUT2D eigenvalue weighted by Gasteiger charge is 2.09. The van der Waals surface area contributed by atoms with E-state index in [-0.39, 0.29) is 6.10 Å². The van der Waals surface area contributed by atoms with E-state index in [1.54, 1.807) is 0 Å². The molecule has 0 saturated carbocycles. The monoisotopic (exact) mass is 188 g/mol. The van der Waals surface area contributed by atoms with Crippen LogP contribution in [0.15, 0.2) is 0 Å². The van der Waals surface area contributed by atoms with Crippen LogP contribution >= 0.6 is 0 Å². The van der Waals surface area contributed by atoms with Gasteiger partial charge in [0.15, 0.2) is 0 Å². The van der Waals surface area contributed by atoms with E-state index in [1.165, 1.54) is 12.8 Å². The Labute approximate surface area is 82.3 Å². The maximum absolute atomic E-state index is 9.44. The summed E-state index contributed by atoms with van der Waals surface area (Å²) in [5.41, 5.74) is 0. The van der Waals surface area contributed by atoms with Crippen molar-refractivity contribution in [2.45, 2.75) is 46.6 Å². The fraction of sp³-hybridized carbons (Fsp3) is 1.00. The molecular formula is C11H24O2. The molecule has 0 bridgehead atoms. The molecule has 2 nitrogen and oxygen atoms in total. The summed E-state index contributed by atoms with van der Waals surface area (Å²) in [6, 6.07) is 0. The fourth-order valence-corrected chi connectivity index (χ4v) is 1.16. The molecule has 0 aliphatic rings. The molecule has 0 radical (unpaired) electrons. The van der Waals surface area contributed by atoms with Gasteiger partial charge in [0.25, 0.3) is 0 Å². The van der Waals surface area contributed by atoms with E-state index in [2.05, 4.69) is 13.8 Å². The average molecular weight is 188 g/mol. The highest BCUT2D eigenvalue weighted by molar-refractivity contribution is 4.58. The van der Waals surface area contributed by atoms with Crippen LogP contribution in [0.25, 0.3) is 0 Å². The van der Waals surface area contributed by atoms with Crippen molar-refractivity contribution < 1.29 is 9.84 Å². The number of rotatable bonds is 7. The minimum Gasteiger partial charge on any atom is -0.390 e. The number of hydrogen-bond acceptors (Lipinski definition) is 2. The van der Waals surface area contributed by atoms with Crippen LogP contribution in [-0.2, 0) is 4.74 Å². The van der Waals surface area contributed by atoms with Crippen LogP contribution in [0.3, 0.4) is 0 Å². The molecule has 0 heterocycles. The minimum atomic E-state index is -0.311. The van der Waals surface area contributed by atoms with Crippen molar-refractivity contribution in [3.8, 4) is 0 Å². The summed E-state index contributed by atoms with van der Waals surface area (Å²) in [6.45, 7) is 9.63. The Bertz CT molecular complexity index is 113. The number of aliphatic hydroxyl groups is 1. The highest BCUT2D eigenvalue weighted by Crippen LogP contribution is 2.07. The van der Waals surface area contributed by atoms with E-state index in [0.717, 1.165) is 6.61 Å². The second-order valence-electron chi connectivity index (χ2n) is 4.24. The molecule has 1 N–H and O–H groups in total. The molecule has 13 heavy (non-hydrogen) atoms. The molecule has 2 atom stereocenters. The zero-order valence-corrected chi connectivity index (χ0v) is 9.42. The van der Waals surface area contributed by atoms with Crippen molar-refractivity contribution in [1.29, 1.82) is 0 Å². The van der Waals surface area contributed by atoms with Crippen LogP contribution in [0.1, 0.15) is 40.5 Å². The Hall–Kier alpha value is -0.0800. The molecule has 2 unspecified atom stereocenters. The molecule has 0 spiro atoms. The Morgan fingerprint density at radius 1 is 1.15 bits per heavy atom. The van der Waals surface area contributed by atoms with Gasteiger partial charge in [0.05, 0.1) is 12.7 Å². The third-order valence-corrected chi connectivity index (χ3v) is 2.24. The first kappa shape index (κ1) is 12.9. The van der Waals surface area contributed by atoms with Crippen molar-refractivity contribution >= 4 is 0 Å². The number of hydrogen-bond donors (Lipinski definition) is 1. The van der Waals surface area contributed by atoms with Gasteiger partial charge in [-0.25, -0.2) is 0 Å². The van der Waals surface area contributed by atoms with Crippen LogP contribution in [0.2, 0.25) is 0 Å². The molecule has 0 aromatic rings. The maximum Gasteiger partial charge on any atom is 0.0796 e. The molecule has 80 valence electrons. The normalized spacial score (nSPS) is 16.2. The zero-order valence-electron chi connectivity index (χ0n) is 9.42. The largest absolute Gasteiger partial charge is 0.390 e. The van der Waals surface area contributed by atoms with Gasteiger partial charge in [-0.1, -0.05) is 34.1 Å². The molecule has 0 aliphatic heterocycles.